The Kier molecular flexibility index (Phi) is 5.20. The molecular formula is C22H20N4O3. The Labute approximate surface area is 166 Å². The van der Waals surface area contributed by atoms with E-state index in [1.54, 1.807) is 0 Å². The number of aromatic amines is 1. The average Bonchev–Trinajstić information content (AvgIpc) is 3.20. The van der Waals surface area contributed by atoms with Crippen molar-refractivity contribution in [3.63, 3.8) is 0 Å². The van der Waals surface area contributed by atoms with Crippen molar-refractivity contribution >= 4 is 16.8 Å². The fourth-order valence-corrected chi connectivity index (χ4v) is 3.08. The number of carbonyl (C=O) groups excluding carboxylic acids is 1. The van der Waals surface area contributed by atoms with Gasteiger partial charge >= 0.3 is 0 Å². The molecule has 2 aromatic carbocycles. The van der Waals surface area contributed by atoms with Gasteiger partial charge in [0.1, 0.15) is 0 Å². The van der Waals surface area contributed by atoms with Crippen molar-refractivity contribution in [1.29, 1.82) is 0 Å². The Balaban J connectivity index is 1.34. The Bertz CT molecular complexity index is 1210. The van der Waals surface area contributed by atoms with Crippen LogP contribution in [-0.4, -0.2) is 21.1 Å². The van der Waals surface area contributed by atoms with E-state index in [1.165, 1.54) is 0 Å². The Morgan fingerprint density at radius 3 is 2.76 bits per heavy atom. The fraction of sp³-hybridized carbons (Fsp3) is 0.182. The highest BCUT2D eigenvalue weighted by atomic mass is 16.4. The summed E-state index contributed by atoms with van der Waals surface area (Å²) >= 11 is 0. The number of nitrogens with one attached hydrogen (secondary N) is 2. The van der Waals surface area contributed by atoms with Crippen LogP contribution in [0, 0.1) is 6.92 Å². The molecule has 0 aliphatic carbocycles. The van der Waals surface area contributed by atoms with Crippen molar-refractivity contribution in [1.82, 2.24) is 20.5 Å². The normalized spacial score (nSPS) is 10.9. The number of nitrogens with zero attached hydrogens (tertiary/aromatic N) is 2. The Morgan fingerprint density at radius 2 is 1.93 bits per heavy atom. The molecule has 0 atom stereocenters. The number of hydrogen-bond donors (Lipinski definition) is 2. The number of aromatic nitrogens is 3. The van der Waals surface area contributed by atoms with Crippen LogP contribution in [0.2, 0.25) is 0 Å². The summed E-state index contributed by atoms with van der Waals surface area (Å²) in [5.41, 5.74) is 3.12. The van der Waals surface area contributed by atoms with Crippen LogP contribution in [0.3, 0.4) is 0 Å². The molecule has 2 aromatic heterocycles. The van der Waals surface area contributed by atoms with Crippen LogP contribution in [-0.2, 0) is 17.8 Å². The topological polar surface area (TPSA) is 101 Å². The smallest absolute Gasteiger partial charge is 0.251 e. The zero-order chi connectivity index (χ0) is 20.2. The number of aryl methyl sites for hydroxylation is 2. The minimum absolute atomic E-state index is 0.145. The number of hydrogen-bond acceptors (Lipinski definition) is 5. The van der Waals surface area contributed by atoms with Crippen molar-refractivity contribution in [2.75, 3.05) is 0 Å². The SMILES string of the molecule is Cc1ccc2cc(CCC(=O)NCc3nnc(-c4ccccc4)o3)c(=O)[nH]c2c1. The van der Waals surface area contributed by atoms with Crippen molar-refractivity contribution < 1.29 is 9.21 Å². The molecule has 0 fully saturated rings. The molecular weight excluding hydrogens is 368 g/mol. The molecule has 7 heteroatoms. The van der Waals surface area contributed by atoms with E-state index >= 15 is 0 Å². The maximum atomic E-state index is 12.3. The number of pyridine rings is 1. The first-order valence-electron chi connectivity index (χ1n) is 9.35. The lowest BCUT2D eigenvalue weighted by Gasteiger charge is -2.05. The molecule has 1 amide bonds. The maximum absolute atomic E-state index is 12.3. The first-order chi connectivity index (χ1) is 14.1. The summed E-state index contributed by atoms with van der Waals surface area (Å²) in [4.78, 5) is 27.3. The van der Waals surface area contributed by atoms with Gasteiger partial charge in [-0.15, -0.1) is 10.2 Å². The minimum Gasteiger partial charge on any atom is -0.419 e. The number of rotatable bonds is 6. The summed E-state index contributed by atoms with van der Waals surface area (Å²) in [5, 5.41) is 11.6. The molecule has 0 saturated carbocycles. The van der Waals surface area contributed by atoms with Gasteiger partial charge in [0.25, 0.3) is 5.56 Å². The Morgan fingerprint density at radius 1 is 1.10 bits per heavy atom. The van der Waals surface area contributed by atoms with Crippen LogP contribution in [0.1, 0.15) is 23.4 Å². The third kappa shape index (κ3) is 4.40. The van der Waals surface area contributed by atoms with E-state index in [1.807, 2.05) is 61.5 Å². The van der Waals surface area contributed by atoms with Gasteiger partial charge in [0.2, 0.25) is 17.7 Å². The van der Waals surface area contributed by atoms with E-state index in [4.69, 9.17) is 4.42 Å². The molecule has 0 bridgehead atoms. The van der Waals surface area contributed by atoms with Crippen LogP contribution >= 0.6 is 0 Å². The van der Waals surface area contributed by atoms with Crippen molar-refractivity contribution in [3.8, 4) is 11.5 Å². The highest BCUT2D eigenvalue weighted by Gasteiger charge is 2.11. The molecule has 0 aliphatic rings. The molecule has 146 valence electrons. The van der Waals surface area contributed by atoms with E-state index in [-0.39, 0.29) is 24.4 Å². The molecule has 0 spiro atoms. The van der Waals surface area contributed by atoms with Gasteiger partial charge in [-0.2, -0.15) is 0 Å². The lowest BCUT2D eigenvalue weighted by molar-refractivity contribution is -0.121. The van der Waals surface area contributed by atoms with E-state index < -0.39 is 0 Å². The lowest BCUT2D eigenvalue weighted by Crippen LogP contribution is -2.24. The van der Waals surface area contributed by atoms with E-state index in [0.29, 0.717) is 23.8 Å². The number of benzene rings is 2. The van der Waals surface area contributed by atoms with E-state index in [2.05, 4.69) is 20.5 Å². The summed E-state index contributed by atoms with van der Waals surface area (Å²) in [5.74, 6) is 0.553. The predicted octanol–water partition coefficient (Wildman–Crippen LogP) is 3.14. The standard InChI is InChI=1S/C22H20N4O3/c1-14-7-8-16-12-17(21(28)24-18(16)11-14)9-10-19(27)23-13-20-25-26-22(29-20)15-5-3-2-4-6-15/h2-8,11-12H,9-10,13H2,1H3,(H,23,27)(H,24,28). The zero-order valence-corrected chi connectivity index (χ0v) is 15.9. The third-order valence-corrected chi connectivity index (χ3v) is 4.62. The minimum atomic E-state index is -0.187. The largest absolute Gasteiger partial charge is 0.419 e. The molecule has 2 heterocycles. The lowest BCUT2D eigenvalue weighted by atomic mass is 10.1. The molecule has 0 radical (unpaired) electrons. The van der Waals surface area contributed by atoms with Crippen LogP contribution in [0.25, 0.3) is 22.4 Å². The zero-order valence-electron chi connectivity index (χ0n) is 15.9. The van der Waals surface area contributed by atoms with Gasteiger partial charge in [-0.3, -0.25) is 9.59 Å². The molecule has 0 saturated heterocycles. The second-order valence-electron chi connectivity index (χ2n) is 6.86. The predicted molar refractivity (Wildman–Crippen MR) is 109 cm³/mol. The van der Waals surface area contributed by atoms with Gasteiger partial charge in [0, 0.05) is 23.1 Å². The highest BCUT2D eigenvalue weighted by Crippen LogP contribution is 2.17. The summed E-state index contributed by atoms with van der Waals surface area (Å²) < 4.78 is 5.57. The number of fused-ring (bicyclic) bond motifs is 1. The molecule has 0 unspecified atom stereocenters. The van der Waals surface area contributed by atoms with E-state index in [0.717, 1.165) is 22.0 Å². The summed E-state index contributed by atoms with van der Waals surface area (Å²) in [6, 6.07) is 17.1. The molecule has 0 aliphatic heterocycles. The summed E-state index contributed by atoms with van der Waals surface area (Å²) in [6.45, 7) is 2.12. The number of amides is 1. The third-order valence-electron chi connectivity index (χ3n) is 4.62. The van der Waals surface area contributed by atoms with Crippen LogP contribution in [0.15, 0.2) is 63.8 Å². The average molecular weight is 388 g/mol. The number of carbonyl (C=O) groups is 1. The maximum Gasteiger partial charge on any atom is 0.251 e. The highest BCUT2D eigenvalue weighted by molar-refractivity contribution is 5.80. The van der Waals surface area contributed by atoms with Crippen molar-refractivity contribution in [3.05, 3.63) is 82.0 Å². The van der Waals surface area contributed by atoms with Crippen LogP contribution in [0.5, 0.6) is 0 Å². The van der Waals surface area contributed by atoms with Gasteiger partial charge in [-0.1, -0.05) is 30.3 Å². The summed E-state index contributed by atoms with van der Waals surface area (Å²) in [6.07, 6.45) is 0.546. The number of H-pyrrole nitrogens is 1. The molecule has 2 N–H and O–H groups in total. The summed E-state index contributed by atoms with van der Waals surface area (Å²) in [7, 11) is 0. The van der Waals surface area contributed by atoms with Crippen LogP contribution in [0.4, 0.5) is 0 Å². The van der Waals surface area contributed by atoms with Gasteiger partial charge < -0.3 is 14.7 Å². The van der Waals surface area contributed by atoms with Crippen molar-refractivity contribution in [2.45, 2.75) is 26.3 Å². The van der Waals surface area contributed by atoms with Crippen LogP contribution < -0.4 is 10.9 Å². The second kappa shape index (κ2) is 8.10. The monoisotopic (exact) mass is 388 g/mol. The van der Waals surface area contributed by atoms with Gasteiger partial charge in [0.05, 0.1) is 6.54 Å². The van der Waals surface area contributed by atoms with Crippen molar-refractivity contribution in [2.24, 2.45) is 0 Å². The first-order valence-corrected chi connectivity index (χ1v) is 9.35. The van der Waals surface area contributed by atoms with Gasteiger partial charge in [-0.05, 0) is 48.6 Å². The molecule has 7 nitrogen and oxygen atoms in total. The van der Waals surface area contributed by atoms with Gasteiger partial charge in [0.15, 0.2) is 0 Å². The van der Waals surface area contributed by atoms with E-state index in [9.17, 15) is 9.59 Å². The molecule has 4 aromatic rings. The molecule has 29 heavy (non-hydrogen) atoms. The first kappa shape index (κ1) is 18.6. The van der Waals surface area contributed by atoms with Gasteiger partial charge in [-0.25, -0.2) is 0 Å². The quantitative estimate of drug-likeness (QED) is 0.528. The fourth-order valence-electron chi connectivity index (χ4n) is 3.08. The molecule has 4 rings (SSSR count). The Hall–Kier alpha value is -3.74. The second-order valence-corrected chi connectivity index (χ2v) is 6.86.